The molecule has 1 atom stereocenters. The lowest BCUT2D eigenvalue weighted by molar-refractivity contribution is -0.125. The molecule has 1 amide bonds. The molecule has 0 saturated carbocycles. The molecule has 0 saturated heterocycles. The van der Waals surface area contributed by atoms with E-state index in [0.29, 0.717) is 0 Å². The summed E-state index contributed by atoms with van der Waals surface area (Å²) in [6.07, 6.45) is 12.1. The van der Waals surface area contributed by atoms with Crippen LogP contribution in [0.3, 0.4) is 0 Å². The maximum absolute atomic E-state index is 11.5. The van der Waals surface area contributed by atoms with E-state index in [0.717, 1.165) is 5.70 Å². The average molecular weight is 277 g/mol. The first-order chi connectivity index (χ1) is 8.73. The van der Waals surface area contributed by atoms with Crippen LogP contribution in [-0.4, -0.2) is 25.9 Å². The first-order valence-electron chi connectivity index (χ1n) is 7.06. The van der Waals surface area contributed by atoms with E-state index in [1.807, 2.05) is 13.1 Å². The number of amides is 1. The molecule has 1 aliphatic carbocycles. The van der Waals surface area contributed by atoms with Crippen LogP contribution < -0.4 is 0 Å². The third-order valence-electron chi connectivity index (χ3n) is 4.50. The van der Waals surface area contributed by atoms with Gasteiger partial charge in [0.25, 0.3) is 0 Å². The van der Waals surface area contributed by atoms with Crippen molar-refractivity contribution < 1.29 is 4.79 Å². The van der Waals surface area contributed by atoms with Gasteiger partial charge in [0.05, 0.1) is 8.07 Å². The number of rotatable bonds is 4. The fraction of sp³-hybridized carbons (Fsp3) is 0.562. The van der Waals surface area contributed by atoms with Gasteiger partial charge in [0.15, 0.2) is 0 Å². The molecule has 0 radical (unpaired) electrons. The van der Waals surface area contributed by atoms with Gasteiger partial charge >= 0.3 is 0 Å². The van der Waals surface area contributed by atoms with Crippen molar-refractivity contribution >= 4 is 14.0 Å². The fourth-order valence-corrected chi connectivity index (χ4v) is 5.34. The van der Waals surface area contributed by atoms with Crippen LogP contribution in [0.1, 0.15) is 27.2 Å². The lowest BCUT2D eigenvalue weighted by Gasteiger charge is -2.38. The Balaban J connectivity index is 3.02. The van der Waals surface area contributed by atoms with Gasteiger partial charge in [-0.25, -0.2) is 0 Å². The minimum Gasteiger partial charge on any atom is -0.316 e. The van der Waals surface area contributed by atoms with Crippen molar-refractivity contribution in [2.45, 2.75) is 51.4 Å². The highest BCUT2D eigenvalue weighted by molar-refractivity contribution is 6.81. The molecule has 0 N–H and O–H groups in total. The summed E-state index contributed by atoms with van der Waals surface area (Å²) in [5.41, 5.74) is 0.966. The molecular weight excluding hydrogens is 250 g/mol. The number of nitrogens with zero attached hydrogens (tertiary/aromatic N) is 1. The maximum atomic E-state index is 11.5. The van der Waals surface area contributed by atoms with Gasteiger partial charge < -0.3 is 4.90 Å². The Morgan fingerprint density at radius 3 is 2.53 bits per heavy atom. The zero-order valence-electron chi connectivity index (χ0n) is 13.2. The molecule has 3 heteroatoms. The molecule has 0 fully saturated rings. The van der Waals surface area contributed by atoms with Gasteiger partial charge in [-0.3, -0.25) is 4.79 Å². The summed E-state index contributed by atoms with van der Waals surface area (Å²) < 4.78 is 0. The van der Waals surface area contributed by atoms with Gasteiger partial charge in [-0.15, -0.1) is 0 Å². The second kappa shape index (κ2) is 5.91. The van der Waals surface area contributed by atoms with Crippen LogP contribution in [0.4, 0.5) is 0 Å². The molecule has 19 heavy (non-hydrogen) atoms. The zero-order valence-corrected chi connectivity index (χ0v) is 14.2. The molecule has 0 aromatic carbocycles. The minimum atomic E-state index is -1.36. The van der Waals surface area contributed by atoms with E-state index in [9.17, 15) is 4.79 Å². The summed E-state index contributed by atoms with van der Waals surface area (Å²) >= 11 is 0. The van der Waals surface area contributed by atoms with E-state index in [1.165, 1.54) is 12.5 Å². The molecule has 1 aliphatic rings. The van der Waals surface area contributed by atoms with Crippen LogP contribution >= 0.6 is 0 Å². The van der Waals surface area contributed by atoms with Crippen molar-refractivity contribution in [3.05, 3.63) is 36.1 Å². The summed E-state index contributed by atoms with van der Waals surface area (Å²) in [7, 11) is 0.462. The predicted molar refractivity (Wildman–Crippen MR) is 85.8 cm³/mol. The van der Waals surface area contributed by atoms with Crippen LogP contribution in [0, 0.1) is 0 Å². The van der Waals surface area contributed by atoms with Crippen molar-refractivity contribution in [2.24, 2.45) is 0 Å². The second-order valence-electron chi connectivity index (χ2n) is 6.28. The monoisotopic (exact) mass is 277 g/mol. The molecule has 0 bridgehead atoms. The summed E-state index contributed by atoms with van der Waals surface area (Å²) in [6.45, 7) is 11.1. The van der Waals surface area contributed by atoms with Gasteiger partial charge in [0, 0.05) is 19.7 Å². The molecule has 0 aromatic heterocycles. The number of hydrogen-bond donors (Lipinski definition) is 0. The van der Waals surface area contributed by atoms with E-state index in [2.05, 4.69) is 51.2 Å². The Hall–Kier alpha value is -1.09. The van der Waals surface area contributed by atoms with Crippen LogP contribution in [0.2, 0.25) is 24.2 Å². The Morgan fingerprint density at radius 1 is 1.37 bits per heavy atom. The Bertz CT molecular complexity index is 434. The SMILES string of the molecule is CCC[Si](C)(C)C1(C)C=CC=C(N(C)C(C)=O)C=C1. The number of hydrogen-bond acceptors (Lipinski definition) is 1. The highest BCUT2D eigenvalue weighted by Gasteiger charge is 2.38. The molecule has 0 spiro atoms. The van der Waals surface area contributed by atoms with Crippen molar-refractivity contribution in [3.63, 3.8) is 0 Å². The van der Waals surface area contributed by atoms with Crippen LogP contribution in [0.5, 0.6) is 0 Å². The molecule has 2 nitrogen and oxygen atoms in total. The first-order valence-corrected chi connectivity index (χ1v) is 10.3. The number of carbonyl (C=O) groups excluding carboxylic acids is 1. The van der Waals surface area contributed by atoms with Crippen LogP contribution in [-0.2, 0) is 4.79 Å². The normalized spacial score (nSPS) is 22.9. The minimum absolute atomic E-state index is 0.0676. The second-order valence-corrected chi connectivity index (χ2v) is 11.6. The summed E-state index contributed by atoms with van der Waals surface area (Å²) in [6, 6.07) is 1.32. The van der Waals surface area contributed by atoms with Gasteiger partial charge in [-0.1, -0.05) is 57.6 Å². The highest BCUT2D eigenvalue weighted by atomic mass is 28.3. The standard InChI is InChI=1S/C16H27NOSi/c1-7-13-19(5,6)16(3)11-8-9-15(10-12-16)17(4)14(2)18/h8-12H,7,13H2,1-6H3. The van der Waals surface area contributed by atoms with E-state index in [-0.39, 0.29) is 10.9 Å². The Labute approximate surface area is 118 Å². The summed E-state index contributed by atoms with van der Waals surface area (Å²) in [5, 5.41) is 0.152. The van der Waals surface area contributed by atoms with Crippen LogP contribution in [0.15, 0.2) is 36.1 Å². The van der Waals surface area contributed by atoms with Gasteiger partial charge in [0.1, 0.15) is 0 Å². The molecule has 1 unspecified atom stereocenters. The summed E-state index contributed by atoms with van der Waals surface area (Å²) in [4.78, 5) is 13.1. The van der Waals surface area contributed by atoms with Crippen LogP contribution in [0.25, 0.3) is 0 Å². The van der Waals surface area contributed by atoms with Gasteiger partial charge in [-0.05, 0) is 17.2 Å². The zero-order chi connectivity index (χ0) is 14.7. The van der Waals surface area contributed by atoms with E-state index < -0.39 is 8.07 Å². The molecule has 1 rings (SSSR count). The van der Waals surface area contributed by atoms with Crippen molar-refractivity contribution in [3.8, 4) is 0 Å². The summed E-state index contributed by atoms with van der Waals surface area (Å²) in [5.74, 6) is 0.0676. The molecule has 0 aliphatic heterocycles. The lowest BCUT2D eigenvalue weighted by atomic mass is 10.1. The van der Waals surface area contributed by atoms with Gasteiger partial charge in [0.2, 0.25) is 5.91 Å². The first kappa shape index (κ1) is 16.0. The smallest absolute Gasteiger partial charge is 0.223 e. The Morgan fingerprint density at radius 2 is 2.00 bits per heavy atom. The van der Waals surface area contributed by atoms with Gasteiger partial charge in [-0.2, -0.15) is 0 Å². The Kier molecular flexibility index (Phi) is 4.96. The predicted octanol–water partition coefficient (Wildman–Crippen LogP) is 4.35. The number of allylic oxidation sites excluding steroid dienone is 5. The van der Waals surface area contributed by atoms with Crippen molar-refractivity contribution in [1.29, 1.82) is 0 Å². The van der Waals surface area contributed by atoms with E-state index in [1.54, 1.807) is 11.8 Å². The number of likely N-dealkylation sites (N-methyl/N-ethyl adjacent to an activating group) is 1. The maximum Gasteiger partial charge on any atom is 0.223 e. The number of carbonyl (C=O) groups is 1. The van der Waals surface area contributed by atoms with Crippen molar-refractivity contribution in [2.75, 3.05) is 7.05 Å². The third kappa shape index (κ3) is 3.47. The third-order valence-corrected chi connectivity index (χ3v) is 9.50. The molecular formula is C16H27NOSi. The highest BCUT2D eigenvalue weighted by Crippen LogP contribution is 2.44. The average Bonchev–Trinajstić information content (AvgIpc) is 2.51. The largest absolute Gasteiger partial charge is 0.316 e. The van der Waals surface area contributed by atoms with Crippen molar-refractivity contribution in [1.82, 2.24) is 4.90 Å². The van der Waals surface area contributed by atoms with E-state index in [4.69, 9.17) is 0 Å². The van der Waals surface area contributed by atoms with E-state index >= 15 is 0 Å². The molecule has 106 valence electrons. The molecule has 0 heterocycles. The molecule has 0 aromatic rings. The topological polar surface area (TPSA) is 20.3 Å². The quantitative estimate of drug-likeness (QED) is 0.699. The lowest BCUT2D eigenvalue weighted by Crippen LogP contribution is -2.38. The fourth-order valence-electron chi connectivity index (χ4n) is 2.47.